The van der Waals surface area contributed by atoms with Gasteiger partial charge in [-0.05, 0) is 38.8 Å². The minimum Gasteiger partial charge on any atom is -0.385 e. The number of methoxy groups -OCH3 is 1. The molecule has 0 aromatic carbocycles. The summed E-state index contributed by atoms with van der Waals surface area (Å²) >= 11 is 0. The summed E-state index contributed by atoms with van der Waals surface area (Å²) in [6, 6.07) is 0.806. The normalized spacial score (nSPS) is 18.5. The van der Waals surface area contributed by atoms with E-state index in [0.29, 0.717) is 0 Å². The molecule has 1 saturated carbocycles. The molecule has 102 valence electrons. The molecule has 0 unspecified atom stereocenters. The molecule has 0 saturated heterocycles. The first-order valence-electron chi connectivity index (χ1n) is 7.31. The molecule has 0 aromatic heterocycles. The Labute approximate surface area is 107 Å². The summed E-state index contributed by atoms with van der Waals surface area (Å²) in [5.74, 6) is 0. The molecule has 0 aliphatic heterocycles. The fraction of sp³-hybridized carbons (Fsp3) is 1.00. The lowest BCUT2D eigenvalue weighted by Crippen LogP contribution is -2.37. The van der Waals surface area contributed by atoms with Crippen molar-refractivity contribution in [3.63, 3.8) is 0 Å². The molecule has 0 amide bonds. The molecule has 0 spiro atoms. The van der Waals surface area contributed by atoms with Crippen molar-refractivity contribution in [2.75, 3.05) is 33.4 Å². The maximum atomic E-state index is 5.64. The predicted octanol–water partition coefficient (Wildman–Crippen LogP) is 2.40. The highest BCUT2D eigenvalue weighted by Gasteiger charge is 2.19. The minimum atomic E-state index is 0.806. The van der Waals surface area contributed by atoms with Gasteiger partial charge in [0.2, 0.25) is 0 Å². The van der Waals surface area contributed by atoms with Crippen LogP contribution in [0.4, 0.5) is 0 Å². The van der Waals surface area contributed by atoms with Crippen molar-refractivity contribution in [2.45, 2.75) is 57.4 Å². The first kappa shape index (κ1) is 14.9. The first-order valence-corrected chi connectivity index (χ1v) is 7.31. The van der Waals surface area contributed by atoms with E-state index in [0.717, 1.165) is 32.0 Å². The van der Waals surface area contributed by atoms with Gasteiger partial charge in [0, 0.05) is 26.3 Å². The first-order chi connectivity index (χ1) is 8.38. The van der Waals surface area contributed by atoms with E-state index in [-0.39, 0.29) is 0 Å². The molecule has 0 aromatic rings. The number of nitrogens with zero attached hydrogens (tertiary/aromatic N) is 1. The monoisotopic (exact) mass is 242 g/mol. The van der Waals surface area contributed by atoms with Crippen LogP contribution in [0.5, 0.6) is 0 Å². The molecule has 0 atom stereocenters. The van der Waals surface area contributed by atoms with Gasteiger partial charge in [0.25, 0.3) is 0 Å². The zero-order valence-electron chi connectivity index (χ0n) is 11.5. The zero-order valence-corrected chi connectivity index (χ0v) is 11.5. The van der Waals surface area contributed by atoms with Crippen molar-refractivity contribution in [1.82, 2.24) is 4.90 Å². The van der Waals surface area contributed by atoms with Gasteiger partial charge in [-0.25, -0.2) is 0 Å². The van der Waals surface area contributed by atoms with Crippen LogP contribution in [0.1, 0.15) is 51.4 Å². The highest BCUT2D eigenvalue weighted by atomic mass is 16.5. The molecule has 0 radical (unpaired) electrons. The summed E-state index contributed by atoms with van der Waals surface area (Å²) in [4.78, 5) is 2.66. The van der Waals surface area contributed by atoms with Crippen LogP contribution in [0.2, 0.25) is 0 Å². The predicted molar refractivity (Wildman–Crippen MR) is 73.2 cm³/mol. The van der Waals surface area contributed by atoms with Crippen LogP contribution < -0.4 is 5.73 Å². The highest BCUT2D eigenvalue weighted by molar-refractivity contribution is 4.75. The standard InChI is InChI=1S/C14H30N2O/c1-17-13-7-12-16(11-6-10-15)14-8-4-2-3-5-9-14/h14H,2-13,15H2,1H3. The molecule has 3 heteroatoms. The SMILES string of the molecule is COCCCN(CCCN)C1CCCCCC1. The summed E-state index contributed by atoms with van der Waals surface area (Å²) in [5.41, 5.74) is 5.64. The van der Waals surface area contributed by atoms with Gasteiger partial charge in [0.1, 0.15) is 0 Å². The summed E-state index contributed by atoms with van der Waals surface area (Å²) in [5, 5.41) is 0. The smallest absolute Gasteiger partial charge is 0.0474 e. The number of nitrogens with two attached hydrogens (primary N) is 1. The largest absolute Gasteiger partial charge is 0.385 e. The maximum Gasteiger partial charge on any atom is 0.0474 e. The average Bonchev–Trinajstić information content (AvgIpc) is 2.62. The molecule has 1 rings (SSSR count). The highest BCUT2D eigenvalue weighted by Crippen LogP contribution is 2.22. The van der Waals surface area contributed by atoms with E-state index in [4.69, 9.17) is 10.5 Å². The molecule has 2 N–H and O–H groups in total. The number of hydrogen-bond acceptors (Lipinski definition) is 3. The van der Waals surface area contributed by atoms with Gasteiger partial charge in [0.05, 0.1) is 0 Å². The van der Waals surface area contributed by atoms with E-state index in [2.05, 4.69) is 4.90 Å². The van der Waals surface area contributed by atoms with Crippen LogP contribution in [-0.4, -0.2) is 44.3 Å². The van der Waals surface area contributed by atoms with Crippen molar-refractivity contribution in [3.8, 4) is 0 Å². The lowest BCUT2D eigenvalue weighted by Gasteiger charge is -2.31. The van der Waals surface area contributed by atoms with Crippen molar-refractivity contribution in [2.24, 2.45) is 5.73 Å². The molecule has 3 nitrogen and oxygen atoms in total. The summed E-state index contributed by atoms with van der Waals surface area (Å²) in [6.07, 6.45) is 10.7. The van der Waals surface area contributed by atoms with Gasteiger partial charge < -0.3 is 15.4 Å². The maximum absolute atomic E-state index is 5.64. The summed E-state index contributed by atoms with van der Waals surface area (Å²) in [7, 11) is 1.79. The van der Waals surface area contributed by atoms with E-state index in [1.54, 1.807) is 7.11 Å². The molecule has 1 aliphatic rings. The Hall–Kier alpha value is -0.120. The van der Waals surface area contributed by atoms with Crippen molar-refractivity contribution >= 4 is 0 Å². The van der Waals surface area contributed by atoms with Gasteiger partial charge in [-0.2, -0.15) is 0 Å². The Bertz CT molecular complexity index is 168. The van der Waals surface area contributed by atoms with Crippen molar-refractivity contribution in [1.29, 1.82) is 0 Å². The molecule has 0 heterocycles. The van der Waals surface area contributed by atoms with E-state index < -0.39 is 0 Å². The number of rotatable bonds is 8. The Kier molecular flexibility index (Phi) is 8.67. The Morgan fingerprint density at radius 3 is 2.29 bits per heavy atom. The third-order valence-electron chi connectivity index (χ3n) is 3.78. The quantitative estimate of drug-likeness (QED) is 0.525. The molecular formula is C14H30N2O. The minimum absolute atomic E-state index is 0.806. The van der Waals surface area contributed by atoms with Gasteiger partial charge in [-0.3, -0.25) is 0 Å². The topological polar surface area (TPSA) is 38.5 Å². The van der Waals surface area contributed by atoms with E-state index in [9.17, 15) is 0 Å². The van der Waals surface area contributed by atoms with Gasteiger partial charge >= 0.3 is 0 Å². The van der Waals surface area contributed by atoms with Crippen LogP contribution in [0.3, 0.4) is 0 Å². The zero-order chi connectivity index (χ0) is 12.3. The second-order valence-electron chi connectivity index (χ2n) is 5.17. The van der Waals surface area contributed by atoms with E-state index >= 15 is 0 Å². The Balaban J connectivity index is 2.35. The van der Waals surface area contributed by atoms with Gasteiger partial charge in [-0.1, -0.05) is 25.7 Å². The average molecular weight is 242 g/mol. The van der Waals surface area contributed by atoms with Crippen molar-refractivity contribution in [3.05, 3.63) is 0 Å². The fourth-order valence-corrected chi connectivity index (χ4v) is 2.81. The lowest BCUT2D eigenvalue weighted by atomic mass is 10.1. The summed E-state index contributed by atoms with van der Waals surface area (Å²) < 4.78 is 5.16. The second-order valence-corrected chi connectivity index (χ2v) is 5.17. The number of ether oxygens (including phenoxy) is 1. The summed E-state index contributed by atoms with van der Waals surface area (Å²) in [6.45, 7) is 4.04. The van der Waals surface area contributed by atoms with Crippen LogP contribution in [0.25, 0.3) is 0 Å². The fourth-order valence-electron chi connectivity index (χ4n) is 2.81. The van der Waals surface area contributed by atoms with Crippen LogP contribution in [0.15, 0.2) is 0 Å². The Morgan fingerprint density at radius 1 is 1.06 bits per heavy atom. The lowest BCUT2D eigenvalue weighted by molar-refractivity contribution is 0.140. The Morgan fingerprint density at radius 2 is 1.71 bits per heavy atom. The molecule has 1 aliphatic carbocycles. The van der Waals surface area contributed by atoms with Crippen LogP contribution in [-0.2, 0) is 4.74 Å². The van der Waals surface area contributed by atoms with Crippen molar-refractivity contribution < 1.29 is 4.74 Å². The third-order valence-corrected chi connectivity index (χ3v) is 3.78. The third kappa shape index (κ3) is 6.39. The van der Waals surface area contributed by atoms with E-state index in [1.807, 2.05) is 0 Å². The van der Waals surface area contributed by atoms with Crippen LogP contribution in [0, 0.1) is 0 Å². The second kappa shape index (κ2) is 9.86. The molecule has 1 fully saturated rings. The van der Waals surface area contributed by atoms with Gasteiger partial charge in [0.15, 0.2) is 0 Å². The molecular weight excluding hydrogens is 212 g/mol. The molecule has 17 heavy (non-hydrogen) atoms. The van der Waals surface area contributed by atoms with Crippen LogP contribution >= 0.6 is 0 Å². The molecule has 0 bridgehead atoms. The van der Waals surface area contributed by atoms with E-state index in [1.165, 1.54) is 51.6 Å². The van der Waals surface area contributed by atoms with Gasteiger partial charge in [-0.15, -0.1) is 0 Å². The number of hydrogen-bond donors (Lipinski definition) is 1.